The zero-order valence-corrected chi connectivity index (χ0v) is 12.5. The fourth-order valence-corrected chi connectivity index (χ4v) is 4.06. The highest BCUT2D eigenvalue weighted by Crippen LogP contribution is 2.40. The van der Waals surface area contributed by atoms with Gasteiger partial charge < -0.3 is 9.67 Å². The van der Waals surface area contributed by atoms with Gasteiger partial charge in [0.25, 0.3) is 0 Å². The van der Waals surface area contributed by atoms with Gasteiger partial charge in [-0.05, 0) is 32.1 Å². The van der Waals surface area contributed by atoms with Gasteiger partial charge in [0, 0.05) is 12.3 Å². The standard InChI is InChI=1S/C13H21N3O2S/c1-4-9-5-6-10(12(17)18)11(7-9)19-13-15-14-8(2)16(13)3/h9-11H,4-7H2,1-3H3,(H,17,18). The Hall–Kier alpha value is -1.04. The van der Waals surface area contributed by atoms with Gasteiger partial charge in [0.15, 0.2) is 5.16 Å². The number of carboxylic acids is 1. The number of aryl methyl sites for hydroxylation is 1. The predicted octanol–water partition coefficient (Wildman–Crippen LogP) is 2.50. The van der Waals surface area contributed by atoms with Crippen molar-refractivity contribution in [1.29, 1.82) is 0 Å². The molecule has 3 unspecified atom stereocenters. The topological polar surface area (TPSA) is 68.0 Å². The van der Waals surface area contributed by atoms with E-state index in [1.807, 2.05) is 18.5 Å². The zero-order chi connectivity index (χ0) is 14.0. The summed E-state index contributed by atoms with van der Waals surface area (Å²) >= 11 is 1.58. The molecule has 1 aromatic rings. The Kier molecular flexibility index (Phi) is 4.50. The summed E-state index contributed by atoms with van der Waals surface area (Å²) in [5, 5.41) is 18.5. The molecule has 1 fully saturated rings. The SMILES string of the molecule is CCC1CCC(C(=O)O)C(Sc2nnc(C)n2C)C1. The van der Waals surface area contributed by atoms with Crippen molar-refractivity contribution in [1.82, 2.24) is 14.8 Å². The van der Waals surface area contributed by atoms with Crippen LogP contribution in [0.2, 0.25) is 0 Å². The van der Waals surface area contributed by atoms with E-state index < -0.39 is 5.97 Å². The average molecular weight is 283 g/mol. The van der Waals surface area contributed by atoms with Gasteiger partial charge in [-0.2, -0.15) is 0 Å². The Morgan fingerprint density at radius 1 is 1.47 bits per heavy atom. The van der Waals surface area contributed by atoms with Crippen LogP contribution in [0.15, 0.2) is 5.16 Å². The molecule has 0 bridgehead atoms. The molecule has 0 saturated heterocycles. The summed E-state index contributed by atoms with van der Waals surface area (Å²) in [4.78, 5) is 11.4. The molecule has 5 nitrogen and oxygen atoms in total. The number of aliphatic carboxylic acids is 1. The molecule has 0 spiro atoms. The first kappa shape index (κ1) is 14.4. The maximum atomic E-state index is 11.4. The summed E-state index contributed by atoms with van der Waals surface area (Å²) in [5.41, 5.74) is 0. The molecule has 0 amide bonds. The van der Waals surface area contributed by atoms with E-state index in [1.165, 1.54) is 0 Å². The second-order valence-corrected chi connectivity index (χ2v) is 6.48. The van der Waals surface area contributed by atoms with Crippen LogP contribution in [0.5, 0.6) is 0 Å². The molecule has 3 atom stereocenters. The lowest BCUT2D eigenvalue weighted by Gasteiger charge is -2.32. The third-order valence-corrected chi connectivity index (χ3v) is 5.49. The van der Waals surface area contributed by atoms with Gasteiger partial charge in [0.2, 0.25) is 0 Å². The Labute approximate surface area is 117 Å². The molecule has 1 aromatic heterocycles. The summed E-state index contributed by atoms with van der Waals surface area (Å²) < 4.78 is 1.93. The van der Waals surface area contributed by atoms with E-state index in [9.17, 15) is 9.90 Å². The van der Waals surface area contributed by atoms with Crippen LogP contribution in [0.4, 0.5) is 0 Å². The number of rotatable bonds is 4. The Bertz CT molecular complexity index is 461. The normalized spacial score (nSPS) is 27.4. The molecule has 1 saturated carbocycles. The average Bonchev–Trinajstić information content (AvgIpc) is 2.70. The highest BCUT2D eigenvalue weighted by molar-refractivity contribution is 7.99. The molecule has 2 rings (SSSR count). The molecular weight excluding hydrogens is 262 g/mol. The number of hydrogen-bond donors (Lipinski definition) is 1. The molecule has 6 heteroatoms. The van der Waals surface area contributed by atoms with Crippen molar-refractivity contribution in [2.75, 3.05) is 0 Å². The number of carbonyl (C=O) groups is 1. The third kappa shape index (κ3) is 3.11. The van der Waals surface area contributed by atoms with Gasteiger partial charge in [0.05, 0.1) is 5.92 Å². The molecule has 1 heterocycles. The molecule has 1 aliphatic carbocycles. The minimum Gasteiger partial charge on any atom is -0.481 e. The van der Waals surface area contributed by atoms with Crippen molar-refractivity contribution < 1.29 is 9.90 Å². The van der Waals surface area contributed by atoms with Crippen LogP contribution in [0.25, 0.3) is 0 Å². The zero-order valence-electron chi connectivity index (χ0n) is 11.7. The molecule has 19 heavy (non-hydrogen) atoms. The number of hydrogen-bond acceptors (Lipinski definition) is 4. The lowest BCUT2D eigenvalue weighted by Crippen LogP contribution is -2.32. The van der Waals surface area contributed by atoms with Crippen LogP contribution < -0.4 is 0 Å². The van der Waals surface area contributed by atoms with Crippen molar-refractivity contribution in [3.05, 3.63) is 5.82 Å². The summed E-state index contributed by atoms with van der Waals surface area (Å²) in [5.74, 6) is 0.565. The van der Waals surface area contributed by atoms with Crippen LogP contribution in [0, 0.1) is 18.8 Å². The summed E-state index contributed by atoms with van der Waals surface area (Å²) in [6.07, 6.45) is 3.90. The molecular formula is C13H21N3O2S. The third-order valence-electron chi connectivity index (χ3n) is 4.10. The van der Waals surface area contributed by atoms with Crippen molar-refractivity contribution in [2.45, 2.75) is 49.9 Å². The van der Waals surface area contributed by atoms with Crippen LogP contribution >= 0.6 is 11.8 Å². The fraction of sp³-hybridized carbons (Fsp3) is 0.769. The van der Waals surface area contributed by atoms with Gasteiger partial charge in [0.1, 0.15) is 5.82 Å². The minimum absolute atomic E-state index is 0.110. The van der Waals surface area contributed by atoms with E-state index >= 15 is 0 Å². The van der Waals surface area contributed by atoms with Crippen LogP contribution in [0.3, 0.4) is 0 Å². The molecule has 0 aromatic carbocycles. The number of nitrogens with zero attached hydrogens (tertiary/aromatic N) is 3. The quantitative estimate of drug-likeness (QED) is 0.919. The number of aromatic nitrogens is 3. The van der Waals surface area contributed by atoms with Crippen molar-refractivity contribution in [3.63, 3.8) is 0 Å². The smallest absolute Gasteiger partial charge is 0.307 e. The predicted molar refractivity (Wildman–Crippen MR) is 74.1 cm³/mol. The van der Waals surface area contributed by atoms with Crippen LogP contribution in [-0.2, 0) is 11.8 Å². The van der Waals surface area contributed by atoms with Crippen molar-refractivity contribution in [2.24, 2.45) is 18.9 Å². The molecule has 0 radical (unpaired) electrons. The van der Waals surface area contributed by atoms with Gasteiger partial charge >= 0.3 is 5.97 Å². The lowest BCUT2D eigenvalue weighted by atomic mass is 9.80. The van der Waals surface area contributed by atoms with E-state index in [0.29, 0.717) is 5.92 Å². The largest absolute Gasteiger partial charge is 0.481 e. The highest BCUT2D eigenvalue weighted by Gasteiger charge is 2.36. The Morgan fingerprint density at radius 3 is 2.74 bits per heavy atom. The Balaban J connectivity index is 2.13. The molecule has 1 aliphatic rings. The number of carboxylic acid groups (broad SMARTS) is 1. The fourth-order valence-electron chi connectivity index (χ4n) is 2.62. The lowest BCUT2D eigenvalue weighted by molar-refractivity contribution is -0.142. The summed E-state index contributed by atoms with van der Waals surface area (Å²) in [6, 6.07) is 0. The van der Waals surface area contributed by atoms with Gasteiger partial charge in [-0.1, -0.05) is 25.1 Å². The van der Waals surface area contributed by atoms with E-state index in [0.717, 1.165) is 36.7 Å². The maximum absolute atomic E-state index is 11.4. The molecule has 106 valence electrons. The summed E-state index contributed by atoms with van der Waals surface area (Å²) in [7, 11) is 1.92. The van der Waals surface area contributed by atoms with E-state index in [4.69, 9.17) is 0 Å². The van der Waals surface area contributed by atoms with Crippen molar-refractivity contribution >= 4 is 17.7 Å². The van der Waals surface area contributed by atoms with Gasteiger partial charge in [-0.15, -0.1) is 10.2 Å². The van der Waals surface area contributed by atoms with E-state index in [-0.39, 0.29) is 11.2 Å². The highest BCUT2D eigenvalue weighted by atomic mass is 32.2. The van der Waals surface area contributed by atoms with Crippen LogP contribution in [0.1, 0.15) is 38.4 Å². The van der Waals surface area contributed by atoms with E-state index in [1.54, 1.807) is 11.8 Å². The van der Waals surface area contributed by atoms with Crippen molar-refractivity contribution in [3.8, 4) is 0 Å². The molecule has 1 N–H and O–H groups in total. The van der Waals surface area contributed by atoms with E-state index in [2.05, 4.69) is 17.1 Å². The minimum atomic E-state index is -0.675. The van der Waals surface area contributed by atoms with Gasteiger partial charge in [-0.3, -0.25) is 4.79 Å². The second-order valence-electron chi connectivity index (χ2n) is 5.28. The first-order chi connectivity index (χ1) is 9.02. The first-order valence-electron chi connectivity index (χ1n) is 6.78. The Morgan fingerprint density at radius 2 is 2.21 bits per heavy atom. The van der Waals surface area contributed by atoms with Gasteiger partial charge in [-0.25, -0.2) is 0 Å². The van der Waals surface area contributed by atoms with Crippen LogP contribution in [-0.4, -0.2) is 31.1 Å². The summed E-state index contributed by atoms with van der Waals surface area (Å²) in [6.45, 7) is 4.08. The second kappa shape index (κ2) is 5.94. The maximum Gasteiger partial charge on any atom is 0.307 e. The first-order valence-corrected chi connectivity index (χ1v) is 7.66. The monoisotopic (exact) mass is 283 g/mol. The number of thioether (sulfide) groups is 1. The molecule has 0 aliphatic heterocycles.